The van der Waals surface area contributed by atoms with E-state index in [1.54, 1.807) is 24.4 Å². The maximum absolute atomic E-state index is 13.8. The van der Waals surface area contributed by atoms with Crippen molar-refractivity contribution < 1.29 is 9.18 Å². The van der Waals surface area contributed by atoms with Crippen molar-refractivity contribution >= 4 is 22.4 Å². The summed E-state index contributed by atoms with van der Waals surface area (Å²) >= 11 is 1.36. The molecule has 4 rings (SSSR count). The second-order valence-corrected chi connectivity index (χ2v) is 6.57. The van der Waals surface area contributed by atoms with Crippen LogP contribution in [0.5, 0.6) is 0 Å². The van der Waals surface area contributed by atoms with E-state index in [1.165, 1.54) is 17.4 Å². The van der Waals surface area contributed by atoms with Gasteiger partial charge in [0.05, 0.1) is 5.69 Å². The van der Waals surface area contributed by atoms with Crippen molar-refractivity contribution in [2.75, 3.05) is 5.32 Å². The molecule has 1 N–H and O–H groups in total. The lowest BCUT2D eigenvalue weighted by atomic mass is 10.1. The summed E-state index contributed by atoms with van der Waals surface area (Å²) in [5.74, 6) is -0.583. The van der Waals surface area contributed by atoms with Crippen molar-refractivity contribution in [1.82, 2.24) is 9.97 Å². The van der Waals surface area contributed by atoms with Crippen LogP contribution >= 0.6 is 11.3 Å². The zero-order chi connectivity index (χ0) is 16.5. The number of aromatic nitrogens is 2. The largest absolute Gasteiger partial charge is 0.302 e. The molecule has 24 heavy (non-hydrogen) atoms. The van der Waals surface area contributed by atoms with E-state index < -0.39 is 0 Å². The molecule has 4 nitrogen and oxygen atoms in total. The Morgan fingerprint density at radius 1 is 1.17 bits per heavy atom. The number of nitrogens with one attached hydrogen (secondary N) is 1. The fourth-order valence-corrected chi connectivity index (χ4v) is 3.47. The summed E-state index contributed by atoms with van der Waals surface area (Å²) in [5.41, 5.74) is 2.12. The average molecular weight is 339 g/mol. The molecule has 1 fully saturated rings. The molecule has 0 spiro atoms. The number of carbonyl (C=O) groups excluding carboxylic acids is 1. The van der Waals surface area contributed by atoms with Gasteiger partial charge in [0.15, 0.2) is 5.13 Å². The molecule has 1 amide bonds. The monoisotopic (exact) mass is 339 g/mol. The van der Waals surface area contributed by atoms with Crippen LogP contribution in [0.25, 0.3) is 11.4 Å². The summed E-state index contributed by atoms with van der Waals surface area (Å²) in [6.45, 7) is 0. The summed E-state index contributed by atoms with van der Waals surface area (Å²) < 4.78 is 13.8. The lowest BCUT2D eigenvalue weighted by Gasteiger charge is -2.03. The number of rotatable bonds is 4. The Morgan fingerprint density at radius 3 is 2.79 bits per heavy atom. The van der Waals surface area contributed by atoms with Gasteiger partial charge in [0, 0.05) is 17.5 Å². The van der Waals surface area contributed by atoms with Gasteiger partial charge >= 0.3 is 0 Å². The van der Waals surface area contributed by atoms with E-state index in [4.69, 9.17) is 0 Å². The SMILES string of the molecule is O=C(Nc1nc(-c2ccccn2)cs1)[C@H]1C[C@@H]1c1ccccc1F. The molecule has 1 aromatic carbocycles. The zero-order valence-electron chi connectivity index (χ0n) is 12.6. The molecule has 2 aromatic heterocycles. The Morgan fingerprint density at radius 2 is 2.00 bits per heavy atom. The lowest BCUT2D eigenvalue weighted by molar-refractivity contribution is -0.117. The second-order valence-electron chi connectivity index (χ2n) is 5.71. The molecule has 0 bridgehead atoms. The number of thiazole rings is 1. The minimum atomic E-state index is -0.246. The Labute approximate surface area is 142 Å². The number of benzene rings is 1. The van der Waals surface area contributed by atoms with Crippen molar-refractivity contribution in [3.63, 3.8) is 0 Å². The van der Waals surface area contributed by atoms with Gasteiger partial charge in [-0.25, -0.2) is 9.37 Å². The predicted octanol–water partition coefficient (Wildman–Crippen LogP) is 4.09. The normalized spacial score (nSPS) is 19.0. The predicted molar refractivity (Wildman–Crippen MR) is 91.2 cm³/mol. The maximum Gasteiger partial charge on any atom is 0.229 e. The van der Waals surface area contributed by atoms with E-state index in [0.717, 1.165) is 11.4 Å². The van der Waals surface area contributed by atoms with Crippen LogP contribution in [0, 0.1) is 11.7 Å². The highest BCUT2D eigenvalue weighted by atomic mass is 32.1. The number of pyridine rings is 1. The van der Waals surface area contributed by atoms with Gasteiger partial charge in [0.25, 0.3) is 0 Å². The van der Waals surface area contributed by atoms with Crippen LogP contribution in [0.15, 0.2) is 54.0 Å². The highest BCUT2D eigenvalue weighted by molar-refractivity contribution is 7.14. The summed E-state index contributed by atoms with van der Waals surface area (Å²) in [5, 5.41) is 5.23. The van der Waals surface area contributed by atoms with E-state index in [1.807, 2.05) is 23.6 Å². The second kappa shape index (κ2) is 6.13. The van der Waals surface area contributed by atoms with Crippen LogP contribution in [0.1, 0.15) is 17.9 Å². The minimum Gasteiger partial charge on any atom is -0.302 e. The van der Waals surface area contributed by atoms with E-state index in [0.29, 0.717) is 17.1 Å². The molecule has 3 aromatic rings. The summed E-state index contributed by atoms with van der Waals surface area (Å²) in [7, 11) is 0. The van der Waals surface area contributed by atoms with Crippen molar-refractivity contribution in [2.45, 2.75) is 12.3 Å². The van der Waals surface area contributed by atoms with Crippen LogP contribution in [-0.2, 0) is 4.79 Å². The number of amides is 1. The molecule has 120 valence electrons. The molecule has 2 heterocycles. The van der Waals surface area contributed by atoms with E-state index in [-0.39, 0.29) is 23.6 Å². The van der Waals surface area contributed by atoms with Gasteiger partial charge < -0.3 is 5.32 Å². The van der Waals surface area contributed by atoms with Crippen LogP contribution in [0.2, 0.25) is 0 Å². The van der Waals surface area contributed by atoms with Crippen LogP contribution in [-0.4, -0.2) is 15.9 Å². The topological polar surface area (TPSA) is 54.9 Å². The molecular formula is C18H14FN3OS. The Kier molecular flexibility index (Phi) is 3.82. The van der Waals surface area contributed by atoms with E-state index in [2.05, 4.69) is 15.3 Å². The summed E-state index contributed by atoms with van der Waals surface area (Å²) in [4.78, 5) is 21.0. The number of nitrogens with zero attached hydrogens (tertiary/aromatic N) is 2. The van der Waals surface area contributed by atoms with Crippen LogP contribution in [0.4, 0.5) is 9.52 Å². The smallest absolute Gasteiger partial charge is 0.229 e. The molecule has 2 atom stereocenters. The standard InChI is InChI=1S/C18H14FN3OS/c19-14-6-2-1-5-11(14)12-9-13(12)17(23)22-18-21-16(10-24-18)15-7-3-4-8-20-15/h1-8,10,12-13H,9H2,(H,21,22,23)/t12-,13+/m1/s1. The molecule has 1 saturated carbocycles. The van der Waals surface area contributed by atoms with E-state index >= 15 is 0 Å². The first-order valence-corrected chi connectivity index (χ1v) is 8.52. The molecule has 0 aliphatic heterocycles. The fraction of sp³-hybridized carbons (Fsp3) is 0.167. The minimum absolute atomic E-state index is 0.0403. The Bertz CT molecular complexity index is 881. The third-order valence-electron chi connectivity index (χ3n) is 4.09. The molecule has 6 heteroatoms. The highest BCUT2D eigenvalue weighted by Gasteiger charge is 2.45. The van der Waals surface area contributed by atoms with Crippen molar-refractivity contribution in [1.29, 1.82) is 0 Å². The highest BCUT2D eigenvalue weighted by Crippen LogP contribution is 2.48. The lowest BCUT2D eigenvalue weighted by Crippen LogP contribution is -2.14. The Hall–Kier alpha value is -2.60. The van der Waals surface area contributed by atoms with Gasteiger partial charge in [-0.2, -0.15) is 0 Å². The first-order valence-electron chi connectivity index (χ1n) is 7.64. The number of hydrogen-bond donors (Lipinski definition) is 1. The van der Waals surface area contributed by atoms with Crippen molar-refractivity contribution in [3.05, 3.63) is 65.4 Å². The first kappa shape index (κ1) is 15.0. The molecule has 0 saturated heterocycles. The third kappa shape index (κ3) is 2.92. The van der Waals surface area contributed by atoms with E-state index in [9.17, 15) is 9.18 Å². The Balaban J connectivity index is 1.43. The number of carbonyl (C=O) groups is 1. The molecule has 0 unspecified atom stereocenters. The molecule has 0 radical (unpaired) electrons. The third-order valence-corrected chi connectivity index (χ3v) is 4.85. The first-order chi connectivity index (χ1) is 11.7. The summed E-state index contributed by atoms with van der Waals surface area (Å²) in [6.07, 6.45) is 2.38. The van der Waals surface area contributed by atoms with Gasteiger partial charge in [0.1, 0.15) is 11.5 Å². The van der Waals surface area contributed by atoms with Crippen molar-refractivity contribution in [3.8, 4) is 11.4 Å². The van der Waals surface area contributed by atoms with Crippen LogP contribution < -0.4 is 5.32 Å². The van der Waals surface area contributed by atoms with Gasteiger partial charge in [-0.1, -0.05) is 24.3 Å². The quantitative estimate of drug-likeness (QED) is 0.779. The molecule has 1 aliphatic carbocycles. The number of anilines is 1. The number of halogens is 1. The molecule has 1 aliphatic rings. The van der Waals surface area contributed by atoms with Crippen LogP contribution in [0.3, 0.4) is 0 Å². The summed E-state index contributed by atoms with van der Waals surface area (Å²) in [6, 6.07) is 12.2. The fourth-order valence-electron chi connectivity index (χ4n) is 2.77. The van der Waals surface area contributed by atoms with Crippen molar-refractivity contribution in [2.24, 2.45) is 5.92 Å². The van der Waals surface area contributed by atoms with Gasteiger partial charge in [-0.3, -0.25) is 9.78 Å². The van der Waals surface area contributed by atoms with Gasteiger partial charge in [-0.05, 0) is 36.1 Å². The zero-order valence-corrected chi connectivity index (χ0v) is 13.5. The van der Waals surface area contributed by atoms with Gasteiger partial charge in [-0.15, -0.1) is 11.3 Å². The maximum atomic E-state index is 13.8. The number of hydrogen-bond acceptors (Lipinski definition) is 4. The van der Waals surface area contributed by atoms with Gasteiger partial charge in [0.2, 0.25) is 5.91 Å². The molecular weight excluding hydrogens is 325 g/mol. The average Bonchev–Trinajstić information content (AvgIpc) is 3.27.